The Morgan fingerprint density at radius 2 is 0.720 bits per heavy atom. The molecule has 0 unspecified atom stereocenters. The summed E-state index contributed by atoms with van der Waals surface area (Å²) < 4.78 is 7.73. The van der Waals surface area contributed by atoms with E-state index in [0.29, 0.717) is 0 Å². The van der Waals surface area contributed by atoms with E-state index < -0.39 is 8.07 Å². The van der Waals surface area contributed by atoms with Crippen LogP contribution in [0.2, 0.25) is 0 Å². The first-order chi connectivity index (χ1) is 40.7. The molecule has 0 saturated heterocycles. The molecular weight excluding hydrogens is 1030 g/mol. The number of thiophene rings is 1. The first kappa shape index (κ1) is 47.9. The highest BCUT2D eigenvalue weighted by Crippen LogP contribution is 2.46. The molecule has 0 bridgehead atoms. The first-order valence-electron chi connectivity index (χ1n) is 28.2. The molecule has 0 radical (unpaired) electrons. The molecule has 0 atom stereocenters. The minimum atomic E-state index is -3.16. The van der Waals surface area contributed by atoms with Crippen molar-refractivity contribution in [3.8, 4) is 55.9 Å². The molecule has 4 heteroatoms. The van der Waals surface area contributed by atoms with Crippen molar-refractivity contribution in [2.24, 2.45) is 0 Å². The summed E-state index contributed by atoms with van der Waals surface area (Å²) in [6.07, 6.45) is 0. The molecule has 0 aliphatic carbocycles. The van der Waals surface area contributed by atoms with Crippen molar-refractivity contribution < 1.29 is 0 Å². The van der Waals surface area contributed by atoms with Gasteiger partial charge in [-0.2, -0.15) is 0 Å². The topological polar surface area (TPSA) is 9.86 Å². The molecule has 0 aliphatic rings. The Hall–Kier alpha value is -10.1. The van der Waals surface area contributed by atoms with Crippen molar-refractivity contribution in [1.29, 1.82) is 0 Å². The molecule has 0 aliphatic heterocycles. The lowest BCUT2D eigenvalue weighted by Gasteiger charge is -2.36. The molecule has 0 N–H and O–H groups in total. The van der Waals surface area contributed by atoms with E-state index in [-0.39, 0.29) is 0 Å². The van der Waals surface area contributed by atoms with Crippen LogP contribution in [0.1, 0.15) is 0 Å². The second-order valence-electron chi connectivity index (χ2n) is 21.5. The lowest BCUT2D eigenvalue weighted by molar-refractivity contribution is 1.17. The lowest BCUT2D eigenvalue weighted by atomic mass is 9.95. The molecule has 0 fully saturated rings. The zero-order valence-corrected chi connectivity index (χ0v) is 46.6. The molecular formula is C78H52N2SSi. The SMILES string of the molecule is c1ccc(-c2cccc([Si](c3ccccc3)(c3ccccc3)c3cc(-c4ccccc4)c(-n4c5ccccc5c5cc(-n6c7ccccc7c7cccc(-c8cccc9c8sc8ccccc89)c76)ccc54)c(-c4ccccc4)c3)c2)cc1. The number of rotatable bonds is 10. The summed E-state index contributed by atoms with van der Waals surface area (Å²) in [5.74, 6) is 0. The van der Waals surface area contributed by atoms with Gasteiger partial charge in [-0.1, -0.05) is 279 Å². The Morgan fingerprint density at radius 3 is 1.37 bits per heavy atom. The van der Waals surface area contributed by atoms with Gasteiger partial charge in [0.2, 0.25) is 0 Å². The zero-order valence-electron chi connectivity index (χ0n) is 44.8. The van der Waals surface area contributed by atoms with E-state index in [1.54, 1.807) is 0 Å². The molecule has 3 aromatic heterocycles. The Kier molecular flexibility index (Phi) is 11.4. The second kappa shape index (κ2) is 19.6. The predicted octanol–water partition coefficient (Wildman–Crippen LogP) is 18.3. The lowest BCUT2D eigenvalue weighted by Crippen LogP contribution is -2.74. The maximum Gasteiger partial charge on any atom is 0.179 e. The van der Waals surface area contributed by atoms with Crippen molar-refractivity contribution in [2.45, 2.75) is 0 Å². The zero-order chi connectivity index (χ0) is 54.1. The van der Waals surface area contributed by atoms with Crippen LogP contribution in [0.5, 0.6) is 0 Å². The third-order valence-electron chi connectivity index (χ3n) is 17.1. The fraction of sp³-hybridized carbons (Fsp3) is 0. The maximum absolute atomic E-state index is 3.16. The molecule has 16 rings (SSSR count). The number of benzene rings is 13. The average Bonchev–Trinajstić information content (AvgIpc) is 4.26. The first-order valence-corrected chi connectivity index (χ1v) is 31.1. The molecule has 0 saturated carbocycles. The highest BCUT2D eigenvalue weighted by Gasteiger charge is 2.43. The summed E-state index contributed by atoms with van der Waals surface area (Å²) in [5, 5.41) is 12.8. The van der Waals surface area contributed by atoms with Crippen LogP contribution < -0.4 is 20.7 Å². The van der Waals surface area contributed by atoms with E-state index in [0.717, 1.165) is 33.5 Å². The average molecular weight is 1080 g/mol. The van der Waals surface area contributed by atoms with Crippen LogP contribution in [-0.4, -0.2) is 17.2 Å². The van der Waals surface area contributed by atoms with Crippen molar-refractivity contribution in [3.05, 3.63) is 315 Å². The standard InChI is InChI=1S/C78H52N2SSi/c1-6-25-53(26-7-1)56-31-22-36-60(49-56)82(58-32-12-4-13-33-58,59-34-14-5-15-35-59)61-51-69(54-27-8-2-9-28-54)77(70(52-61)55-29-10-3-11-30-55)80-73-45-20-17-38-63(73)71-50-57(47-48-74(71)80)79-72-44-19-16-37-62(72)65-40-23-41-66(76(65)79)68-43-24-42-67-64-39-18-21-46-75(64)81-78(67)68/h1-52H. The van der Waals surface area contributed by atoms with Crippen LogP contribution in [0.4, 0.5) is 0 Å². The van der Waals surface area contributed by atoms with Gasteiger partial charge in [-0.05, 0) is 79.4 Å². The van der Waals surface area contributed by atoms with Crippen LogP contribution in [-0.2, 0) is 0 Å². The van der Waals surface area contributed by atoms with E-state index in [9.17, 15) is 0 Å². The van der Waals surface area contributed by atoms with Crippen molar-refractivity contribution >= 4 is 104 Å². The third-order valence-corrected chi connectivity index (χ3v) is 23.0. The van der Waals surface area contributed by atoms with Crippen LogP contribution in [0.25, 0.3) is 120 Å². The molecule has 0 amide bonds. The molecule has 2 nitrogen and oxygen atoms in total. The van der Waals surface area contributed by atoms with E-state index >= 15 is 0 Å². The summed E-state index contributed by atoms with van der Waals surface area (Å²) in [4.78, 5) is 0. The van der Waals surface area contributed by atoms with Gasteiger partial charge >= 0.3 is 0 Å². The Bertz CT molecular complexity index is 4980. The minimum absolute atomic E-state index is 1.12. The van der Waals surface area contributed by atoms with E-state index in [2.05, 4.69) is 325 Å². The molecule has 16 aromatic rings. The largest absolute Gasteiger partial charge is 0.309 e. The van der Waals surface area contributed by atoms with Crippen LogP contribution in [0.3, 0.4) is 0 Å². The maximum atomic E-state index is 2.58. The summed E-state index contributed by atoms with van der Waals surface area (Å²) in [6, 6.07) is 118. The third kappa shape index (κ3) is 7.53. The van der Waals surface area contributed by atoms with Crippen molar-refractivity contribution in [1.82, 2.24) is 9.13 Å². The van der Waals surface area contributed by atoms with Gasteiger partial charge in [0.15, 0.2) is 8.07 Å². The molecule has 82 heavy (non-hydrogen) atoms. The number of hydrogen-bond acceptors (Lipinski definition) is 1. The van der Waals surface area contributed by atoms with Gasteiger partial charge in [-0.25, -0.2) is 0 Å². The van der Waals surface area contributed by atoms with E-state index in [1.807, 2.05) is 11.3 Å². The van der Waals surface area contributed by atoms with E-state index in [1.165, 1.54) is 107 Å². The van der Waals surface area contributed by atoms with Gasteiger partial charge in [0.1, 0.15) is 0 Å². The van der Waals surface area contributed by atoms with E-state index in [4.69, 9.17) is 0 Å². The molecule has 0 spiro atoms. The molecule has 13 aromatic carbocycles. The van der Waals surface area contributed by atoms with Crippen molar-refractivity contribution in [2.75, 3.05) is 0 Å². The van der Waals surface area contributed by atoms with Gasteiger partial charge < -0.3 is 9.13 Å². The monoisotopic (exact) mass is 1080 g/mol. The molecule has 3 heterocycles. The number of aromatic nitrogens is 2. The normalized spacial score (nSPS) is 11.9. The highest BCUT2D eigenvalue weighted by molar-refractivity contribution is 7.26. The number of nitrogens with zero attached hydrogens (tertiary/aromatic N) is 2. The minimum Gasteiger partial charge on any atom is -0.309 e. The summed E-state index contributed by atoms with van der Waals surface area (Å²) >= 11 is 1.89. The number of fused-ring (bicyclic) bond motifs is 9. The summed E-state index contributed by atoms with van der Waals surface area (Å²) in [5.41, 5.74) is 16.5. The summed E-state index contributed by atoms with van der Waals surface area (Å²) in [6.45, 7) is 0. The summed E-state index contributed by atoms with van der Waals surface area (Å²) in [7, 11) is -3.16. The van der Waals surface area contributed by atoms with Gasteiger partial charge in [-0.15, -0.1) is 11.3 Å². The fourth-order valence-electron chi connectivity index (χ4n) is 13.5. The Balaban J connectivity index is 0.993. The van der Waals surface area contributed by atoms with Crippen LogP contribution in [0.15, 0.2) is 315 Å². The molecule has 384 valence electrons. The van der Waals surface area contributed by atoms with Gasteiger partial charge in [-0.3, -0.25) is 0 Å². The highest BCUT2D eigenvalue weighted by atomic mass is 32.1. The Morgan fingerprint density at radius 1 is 0.256 bits per heavy atom. The van der Waals surface area contributed by atoms with Gasteiger partial charge in [0.25, 0.3) is 0 Å². The second-order valence-corrected chi connectivity index (χ2v) is 26.3. The predicted molar refractivity (Wildman–Crippen MR) is 353 cm³/mol. The van der Waals surface area contributed by atoms with Gasteiger partial charge in [0, 0.05) is 69.7 Å². The smallest absolute Gasteiger partial charge is 0.179 e. The number of hydrogen-bond donors (Lipinski definition) is 0. The fourth-order valence-corrected chi connectivity index (χ4v) is 19.6. The van der Waals surface area contributed by atoms with Crippen molar-refractivity contribution in [3.63, 3.8) is 0 Å². The number of para-hydroxylation sites is 3. The quantitative estimate of drug-likeness (QED) is 0.0954. The van der Waals surface area contributed by atoms with Crippen LogP contribution in [0, 0.1) is 0 Å². The van der Waals surface area contributed by atoms with Crippen LogP contribution >= 0.6 is 11.3 Å². The van der Waals surface area contributed by atoms with Gasteiger partial charge in [0.05, 0.1) is 27.8 Å². The Labute approximate surface area is 481 Å².